The summed E-state index contributed by atoms with van der Waals surface area (Å²) in [5, 5.41) is 11.4. The van der Waals surface area contributed by atoms with Crippen LogP contribution in [0.1, 0.15) is 33.6 Å². The van der Waals surface area contributed by atoms with Crippen molar-refractivity contribution in [3.05, 3.63) is 0 Å². The molecule has 6 nitrogen and oxygen atoms in total. The lowest BCUT2D eigenvalue weighted by molar-refractivity contribution is -0.227. The molecule has 0 radical (unpaired) electrons. The van der Waals surface area contributed by atoms with Gasteiger partial charge < -0.3 is 15.3 Å². The second-order valence-electron chi connectivity index (χ2n) is 6.71. The number of carboxylic acids is 1. The van der Waals surface area contributed by atoms with Gasteiger partial charge in [0, 0.05) is 31.5 Å². The molecule has 2 amide bonds. The quantitative estimate of drug-likeness (QED) is 0.811. The number of nitrogens with one attached hydrogen (secondary N) is 1. The summed E-state index contributed by atoms with van der Waals surface area (Å²) in [6.07, 6.45) is -5.75. The van der Waals surface area contributed by atoms with Crippen LogP contribution in [-0.4, -0.2) is 53.6 Å². The van der Waals surface area contributed by atoms with Crippen LogP contribution in [0.25, 0.3) is 0 Å². The van der Waals surface area contributed by atoms with Crippen molar-refractivity contribution in [1.82, 2.24) is 10.2 Å². The predicted molar refractivity (Wildman–Crippen MR) is 74.4 cm³/mol. The maximum atomic E-state index is 13.0. The number of aliphatic carboxylic acids is 1. The molecule has 0 saturated carbocycles. The lowest BCUT2D eigenvalue weighted by Gasteiger charge is -2.27. The number of hydrogen-bond donors (Lipinski definition) is 2. The van der Waals surface area contributed by atoms with Gasteiger partial charge in [0.1, 0.15) is 0 Å². The number of carbonyl (C=O) groups is 3. The molecule has 1 atom stereocenters. The van der Waals surface area contributed by atoms with Gasteiger partial charge in [0.2, 0.25) is 11.8 Å². The van der Waals surface area contributed by atoms with Crippen molar-refractivity contribution in [3.63, 3.8) is 0 Å². The summed E-state index contributed by atoms with van der Waals surface area (Å²) >= 11 is 0. The molecule has 0 aliphatic carbocycles. The molecule has 0 aromatic rings. The second kappa shape index (κ2) is 6.37. The number of amides is 2. The molecule has 1 aliphatic heterocycles. The van der Waals surface area contributed by atoms with Gasteiger partial charge in [-0.05, 0) is 6.42 Å². The summed E-state index contributed by atoms with van der Waals surface area (Å²) in [4.78, 5) is 35.5. The summed E-state index contributed by atoms with van der Waals surface area (Å²) in [6, 6.07) is 0. The van der Waals surface area contributed by atoms with E-state index in [1.165, 1.54) is 0 Å². The minimum Gasteiger partial charge on any atom is -0.481 e. The highest BCUT2D eigenvalue weighted by Gasteiger charge is 2.64. The first-order valence-electron chi connectivity index (χ1n) is 7.17. The number of hydrogen-bond acceptors (Lipinski definition) is 3. The van der Waals surface area contributed by atoms with Gasteiger partial charge in [-0.1, -0.05) is 20.8 Å². The van der Waals surface area contributed by atoms with Crippen LogP contribution in [0.15, 0.2) is 0 Å². The molecule has 0 bridgehead atoms. The number of alkyl halides is 3. The number of rotatable bonds is 4. The van der Waals surface area contributed by atoms with Gasteiger partial charge >= 0.3 is 12.1 Å². The van der Waals surface area contributed by atoms with Crippen LogP contribution in [0.3, 0.4) is 0 Å². The molecule has 1 unspecified atom stereocenters. The summed E-state index contributed by atoms with van der Waals surface area (Å²) in [5.41, 5.74) is -3.54. The topological polar surface area (TPSA) is 86.7 Å². The average Bonchev–Trinajstić information content (AvgIpc) is 2.83. The lowest BCUT2D eigenvalue weighted by atomic mass is 9.86. The van der Waals surface area contributed by atoms with Crippen molar-refractivity contribution in [2.75, 3.05) is 19.6 Å². The standard InChI is InChI=1S/C14H21F3N2O4/c1-12(2,3)10(21)18-6-4-9(20)19-7-5-13(8-19,11(22)23)14(15,16)17/h4-8H2,1-3H3,(H,18,21)(H,22,23). The van der Waals surface area contributed by atoms with Gasteiger partial charge in [0.25, 0.3) is 0 Å². The Morgan fingerprint density at radius 3 is 2.17 bits per heavy atom. The third-order valence-electron chi connectivity index (χ3n) is 3.88. The van der Waals surface area contributed by atoms with Crippen LogP contribution < -0.4 is 5.32 Å². The maximum Gasteiger partial charge on any atom is 0.406 e. The van der Waals surface area contributed by atoms with E-state index in [4.69, 9.17) is 5.11 Å². The van der Waals surface area contributed by atoms with E-state index in [0.29, 0.717) is 0 Å². The highest BCUT2D eigenvalue weighted by molar-refractivity contribution is 5.83. The fourth-order valence-electron chi connectivity index (χ4n) is 2.26. The molecule has 132 valence electrons. The first-order valence-corrected chi connectivity index (χ1v) is 7.17. The molecule has 1 rings (SSSR count). The molecular formula is C14H21F3N2O4. The zero-order valence-corrected chi connectivity index (χ0v) is 13.3. The van der Waals surface area contributed by atoms with E-state index >= 15 is 0 Å². The van der Waals surface area contributed by atoms with Crippen molar-refractivity contribution in [2.24, 2.45) is 10.8 Å². The summed E-state index contributed by atoms with van der Waals surface area (Å²) in [7, 11) is 0. The van der Waals surface area contributed by atoms with Gasteiger partial charge in [-0.25, -0.2) is 0 Å². The largest absolute Gasteiger partial charge is 0.481 e. The van der Waals surface area contributed by atoms with Crippen LogP contribution in [0.5, 0.6) is 0 Å². The van der Waals surface area contributed by atoms with Crippen molar-refractivity contribution in [2.45, 2.75) is 39.8 Å². The van der Waals surface area contributed by atoms with Gasteiger partial charge in [-0.2, -0.15) is 13.2 Å². The SMILES string of the molecule is CC(C)(C)C(=O)NCCC(=O)N1CCC(C(=O)O)(C(F)(F)F)C1. The minimum atomic E-state index is -4.92. The molecule has 1 fully saturated rings. The molecule has 0 spiro atoms. The molecule has 0 aromatic carbocycles. The van der Waals surface area contributed by atoms with E-state index in [1.807, 2.05) is 0 Å². The van der Waals surface area contributed by atoms with E-state index in [-0.39, 0.29) is 25.4 Å². The third-order valence-corrected chi connectivity index (χ3v) is 3.88. The van der Waals surface area contributed by atoms with Crippen LogP contribution >= 0.6 is 0 Å². The Balaban J connectivity index is 2.61. The Kier molecular flexibility index (Phi) is 5.33. The Labute approximate surface area is 132 Å². The van der Waals surface area contributed by atoms with Crippen LogP contribution in [0.4, 0.5) is 13.2 Å². The van der Waals surface area contributed by atoms with Crippen molar-refractivity contribution in [3.8, 4) is 0 Å². The summed E-state index contributed by atoms with van der Waals surface area (Å²) in [5.74, 6) is -2.85. The van der Waals surface area contributed by atoms with E-state index < -0.39 is 41.8 Å². The van der Waals surface area contributed by atoms with E-state index in [0.717, 1.165) is 4.90 Å². The Morgan fingerprint density at radius 1 is 1.22 bits per heavy atom. The van der Waals surface area contributed by atoms with Gasteiger partial charge in [-0.3, -0.25) is 14.4 Å². The number of carboxylic acid groups (broad SMARTS) is 1. The van der Waals surface area contributed by atoms with E-state index in [1.54, 1.807) is 20.8 Å². The number of nitrogens with zero attached hydrogens (tertiary/aromatic N) is 1. The molecule has 9 heteroatoms. The Morgan fingerprint density at radius 2 is 1.78 bits per heavy atom. The van der Waals surface area contributed by atoms with Crippen LogP contribution in [0.2, 0.25) is 0 Å². The van der Waals surface area contributed by atoms with Gasteiger partial charge in [0.05, 0.1) is 0 Å². The maximum absolute atomic E-state index is 13.0. The minimum absolute atomic E-state index is 0.00245. The van der Waals surface area contributed by atoms with Gasteiger partial charge in [0.15, 0.2) is 5.41 Å². The molecule has 23 heavy (non-hydrogen) atoms. The van der Waals surface area contributed by atoms with Crippen LogP contribution in [-0.2, 0) is 14.4 Å². The Hall–Kier alpha value is -1.80. The summed E-state index contributed by atoms with van der Waals surface area (Å²) < 4.78 is 39.1. The fourth-order valence-corrected chi connectivity index (χ4v) is 2.26. The normalized spacial score (nSPS) is 22.1. The molecule has 1 saturated heterocycles. The second-order valence-corrected chi connectivity index (χ2v) is 6.71. The zero-order valence-electron chi connectivity index (χ0n) is 13.3. The monoisotopic (exact) mass is 338 g/mol. The first kappa shape index (κ1) is 19.2. The predicted octanol–water partition coefficient (Wildman–Crippen LogP) is 1.40. The number of likely N-dealkylation sites (tertiary alicyclic amines) is 1. The highest BCUT2D eigenvalue weighted by Crippen LogP contribution is 2.45. The number of carbonyl (C=O) groups excluding carboxylic acids is 2. The van der Waals surface area contributed by atoms with Crippen LogP contribution in [0, 0.1) is 10.8 Å². The Bertz CT molecular complexity index is 499. The molecule has 2 N–H and O–H groups in total. The van der Waals surface area contributed by atoms with E-state index in [9.17, 15) is 27.6 Å². The number of halogens is 3. The molecule has 0 aromatic heterocycles. The van der Waals surface area contributed by atoms with Crippen molar-refractivity contribution >= 4 is 17.8 Å². The molecular weight excluding hydrogens is 317 g/mol. The lowest BCUT2D eigenvalue weighted by Crippen LogP contribution is -2.48. The fraction of sp³-hybridized carbons (Fsp3) is 0.786. The zero-order chi connectivity index (χ0) is 18.1. The average molecular weight is 338 g/mol. The van der Waals surface area contributed by atoms with Crippen molar-refractivity contribution in [1.29, 1.82) is 0 Å². The van der Waals surface area contributed by atoms with Crippen molar-refractivity contribution < 1.29 is 32.7 Å². The molecule has 1 aliphatic rings. The smallest absolute Gasteiger partial charge is 0.406 e. The van der Waals surface area contributed by atoms with E-state index in [2.05, 4.69) is 5.32 Å². The molecule has 1 heterocycles. The third kappa shape index (κ3) is 4.14. The van der Waals surface area contributed by atoms with Gasteiger partial charge in [-0.15, -0.1) is 0 Å². The highest BCUT2D eigenvalue weighted by atomic mass is 19.4. The summed E-state index contributed by atoms with van der Waals surface area (Å²) in [6.45, 7) is 3.91. The first-order chi connectivity index (χ1) is 10.3.